The second-order valence-electron chi connectivity index (χ2n) is 16.5. The summed E-state index contributed by atoms with van der Waals surface area (Å²) in [6.45, 7) is 13.1. The van der Waals surface area contributed by atoms with Gasteiger partial charge in [-0.25, -0.2) is 0 Å². The molecule has 0 aliphatic heterocycles. The number of furan rings is 2. The average molecular weight is 777 g/mol. The largest absolute Gasteiger partial charge is 0.452 e. The Morgan fingerprint density at radius 2 is 0.700 bits per heavy atom. The van der Waals surface area contributed by atoms with Crippen LogP contribution >= 0.6 is 0 Å². The van der Waals surface area contributed by atoms with Crippen molar-refractivity contribution in [3.8, 4) is 0 Å². The molecule has 11 rings (SSSR count). The van der Waals surface area contributed by atoms with E-state index in [1.807, 2.05) is 0 Å². The van der Waals surface area contributed by atoms with Crippen LogP contribution in [0.15, 0.2) is 167 Å². The molecule has 2 heterocycles. The van der Waals surface area contributed by atoms with Crippen molar-refractivity contribution >= 4 is 99.5 Å². The summed E-state index contributed by atoms with van der Waals surface area (Å²) in [5, 5.41) is 8.81. The van der Waals surface area contributed by atoms with Crippen LogP contribution in [0.4, 0.5) is 34.1 Å². The Hall–Kier alpha value is -7.30. The molecule has 0 aliphatic carbocycles. The molecule has 0 unspecified atom stereocenters. The van der Waals surface area contributed by atoms with E-state index >= 15 is 0 Å². The highest BCUT2D eigenvalue weighted by atomic mass is 16.4. The lowest BCUT2D eigenvalue weighted by molar-refractivity contribution is 0.634. The summed E-state index contributed by atoms with van der Waals surface area (Å²) >= 11 is 0. The minimum Gasteiger partial charge on any atom is -0.452 e. The van der Waals surface area contributed by atoms with Crippen molar-refractivity contribution in [3.63, 3.8) is 0 Å². The Balaban J connectivity index is 1.05. The van der Waals surface area contributed by atoms with Crippen LogP contribution in [0.25, 0.3) is 65.4 Å². The van der Waals surface area contributed by atoms with Crippen LogP contribution in [0, 0.1) is 41.5 Å². The number of fused-ring (bicyclic) bond motifs is 9. The molecule has 0 N–H and O–H groups in total. The maximum absolute atomic E-state index is 6.80. The van der Waals surface area contributed by atoms with Gasteiger partial charge < -0.3 is 18.6 Å². The molecule has 9 aromatic carbocycles. The van der Waals surface area contributed by atoms with Gasteiger partial charge in [-0.15, -0.1) is 0 Å². The van der Waals surface area contributed by atoms with Gasteiger partial charge in [-0.05, 0) is 169 Å². The van der Waals surface area contributed by atoms with Gasteiger partial charge in [0.2, 0.25) is 0 Å². The Labute approximate surface area is 349 Å². The van der Waals surface area contributed by atoms with Crippen molar-refractivity contribution < 1.29 is 8.83 Å². The van der Waals surface area contributed by atoms with Crippen molar-refractivity contribution in [2.75, 3.05) is 9.80 Å². The summed E-state index contributed by atoms with van der Waals surface area (Å²) in [6.07, 6.45) is 0. The van der Waals surface area contributed by atoms with Crippen LogP contribution in [0.1, 0.15) is 33.4 Å². The van der Waals surface area contributed by atoms with Crippen molar-refractivity contribution in [2.24, 2.45) is 0 Å². The number of para-hydroxylation sites is 4. The van der Waals surface area contributed by atoms with Crippen LogP contribution in [-0.4, -0.2) is 0 Å². The van der Waals surface area contributed by atoms with Gasteiger partial charge in [-0.3, -0.25) is 0 Å². The fourth-order valence-corrected chi connectivity index (χ4v) is 9.53. The standard InChI is InChI=1S/C56H44N2O2/c1-33-13-7-9-19-49(33)57(53-35(3)15-11-16-36(53)4)43-23-21-39-29-47-45-25-26-46-48-30-40-22-24-44(58(50-20-10-8-14-34(50)2)54-37(5)17-12-18-38(54)6)28-42(40)32-52(48)60-56(46)55(45)59-51(47)31-41(39)27-43/h7-32H,1-6H3. The van der Waals surface area contributed by atoms with E-state index in [0.29, 0.717) is 0 Å². The molecule has 2 aromatic heterocycles. The summed E-state index contributed by atoms with van der Waals surface area (Å²) in [6, 6.07) is 57.1. The first-order chi connectivity index (χ1) is 29.2. The molecule has 4 nitrogen and oxygen atoms in total. The van der Waals surface area contributed by atoms with Crippen molar-refractivity contribution in [3.05, 3.63) is 191 Å². The second kappa shape index (κ2) is 13.6. The highest BCUT2D eigenvalue weighted by molar-refractivity contribution is 6.21. The topological polar surface area (TPSA) is 32.8 Å². The molecule has 0 aliphatic rings. The quantitative estimate of drug-likeness (QED) is 0.168. The lowest BCUT2D eigenvalue weighted by atomic mass is 10.0. The molecule has 0 saturated heterocycles. The van der Waals surface area contributed by atoms with Gasteiger partial charge in [0.05, 0.1) is 11.4 Å². The number of rotatable bonds is 6. The van der Waals surface area contributed by atoms with Gasteiger partial charge in [0.15, 0.2) is 11.2 Å². The molecule has 0 spiro atoms. The minimum absolute atomic E-state index is 0.775. The highest BCUT2D eigenvalue weighted by Gasteiger charge is 2.22. The fraction of sp³-hybridized carbons (Fsp3) is 0.107. The molecular weight excluding hydrogens is 733 g/mol. The first-order valence-corrected chi connectivity index (χ1v) is 20.7. The second-order valence-corrected chi connectivity index (χ2v) is 16.5. The number of anilines is 6. The molecule has 11 aromatic rings. The smallest absolute Gasteiger partial charge is 0.178 e. The summed E-state index contributed by atoms with van der Waals surface area (Å²) in [5.41, 5.74) is 17.6. The van der Waals surface area contributed by atoms with E-state index in [9.17, 15) is 0 Å². The van der Waals surface area contributed by atoms with E-state index in [-0.39, 0.29) is 0 Å². The summed E-state index contributed by atoms with van der Waals surface area (Å²) in [4.78, 5) is 4.80. The summed E-state index contributed by atoms with van der Waals surface area (Å²) in [7, 11) is 0. The van der Waals surface area contributed by atoms with Crippen LogP contribution < -0.4 is 9.80 Å². The monoisotopic (exact) mass is 776 g/mol. The molecule has 0 radical (unpaired) electrons. The first kappa shape index (κ1) is 35.8. The number of aryl methyl sites for hydroxylation is 6. The lowest BCUT2D eigenvalue weighted by Crippen LogP contribution is -2.14. The van der Waals surface area contributed by atoms with Gasteiger partial charge in [0, 0.05) is 44.3 Å². The van der Waals surface area contributed by atoms with E-state index < -0.39 is 0 Å². The molecule has 0 atom stereocenters. The third kappa shape index (κ3) is 5.59. The third-order valence-electron chi connectivity index (χ3n) is 12.5. The van der Waals surface area contributed by atoms with Crippen LogP contribution in [-0.2, 0) is 0 Å². The maximum Gasteiger partial charge on any atom is 0.178 e. The molecule has 0 bridgehead atoms. The zero-order valence-corrected chi connectivity index (χ0v) is 34.7. The van der Waals surface area contributed by atoms with E-state index in [2.05, 4.69) is 209 Å². The molecular formula is C56H44N2O2. The van der Waals surface area contributed by atoms with Crippen LogP contribution in [0.5, 0.6) is 0 Å². The van der Waals surface area contributed by atoms with Gasteiger partial charge in [0.1, 0.15) is 11.2 Å². The first-order valence-electron chi connectivity index (χ1n) is 20.7. The van der Waals surface area contributed by atoms with Gasteiger partial charge >= 0.3 is 0 Å². The van der Waals surface area contributed by atoms with Crippen molar-refractivity contribution in [1.82, 2.24) is 0 Å². The number of hydrogen-bond acceptors (Lipinski definition) is 4. The normalized spacial score (nSPS) is 11.8. The maximum atomic E-state index is 6.80. The van der Waals surface area contributed by atoms with E-state index in [4.69, 9.17) is 8.83 Å². The van der Waals surface area contributed by atoms with Crippen molar-refractivity contribution in [2.45, 2.75) is 41.5 Å². The highest BCUT2D eigenvalue weighted by Crippen LogP contribution is 2.45. The molecule has 0 fully saturated rings. The number of benzene rings is 9. The number of nitrogens with zero attached hydrogens (tertiary/aromatic N) is 2. The Bertz CT molecular complexity index is 3260. The summed E-state index contributed by atoms with van der Waals surface area (Å²) < 4.78 is 13.6. The van der Waals surface area contributed by atoms with E-state index in [0.717, 1.165) is 76.8 Å². The van der Waals surface area contributed by atoms with Crippen molar-refractivity contribution in [1.29, 1.82) is 0 Å². The Morgan fingerprint density at radius 1 is 0.317 bits per heavy atom. The number of hydrogen-bond donors (Lipinski definition) is 0. The van der Waals surface area contributed by atoms with Crippen LogP contribution in [0.2, 0.25) is 0 Å². The van der Waals surface area contributed by atoms with Crippen LogP contribution in [0.3, 0.4) is 0 Å². The molecule has 0 saturated carbocycles. The van der Waals surface area contributed by atoms with Gasteiger partial charge in [0.25, 0.3) is 0 Å². The van der Waals surface area contributed by atoms with Gasteiger partial charge in [-0.1, -0.05) is 84.9 Å². The fourth-order valence-electron chi connectivity index (χ4n) is 9.53. The predicted molar refractivity (Wildman–Crippen MR) is 254 cm³/mol. The zero-order chi connectivity index (χ0) is 40.8. The Morgan fingerprint density at radius 3 is 1.10 bits per heavy atom. The Kier molecular flexibility index (Phi) is 8.15. The molecule has 60 heavy (non-hydrogen) atoms. The molecule has 0 amide bonds. The average Bonchev–Trinajstić information content (AvgIpc) is 3.79. The van der Waals surface area contributed by atoms with E-state index in [1.54, 1.807) is 0 Å². The SMILES string of the molecule is Cc1ccccc1N(c1ccc2cc3c(cc2c1)oc1c3ccc2c3cc4ccc(N(c5ccccc5C)c5c(C)cccc5C)cc4cc3oc21)c1c(C)cccc1C. The minimum atomic E-state index is 0.775. The predicted octanol–water partition coefficient (Wildman–Crippen LogP) is 16.6. The molecule has 290 valence electrons. The third-order valence-corrected chi connectivity index (χ3v) is 12.5. The lowest BCUT2D eigenvalue weighted by Gasteiger charge is -2.30. The van der Waals surface area contributed by atoms with Gasteiger partial charge in [-0.2, -0.15) is 0 Å². The molecule has 4 heteroatoms. The summed E-state index contributed by atoms with van der Waals surface area (Å²) in [5.74, 6) is 0. The zero-order valence-electron chi connectivity index (χ0n) is 34.7. The van der Waals surface area contributed by atoms with E-state index in [1.165, 1.54) is 56.1 Å².